The summed E-state index contributed by atoms with van der Waals surface area (Å²) >= 11 is 0. The van der Waals surface area contributed by atoms with Crippen molar-refractivity contribution >= 4 is 6.29 Å². The Kier molecular flexibility index (Phi) is 3.60. The van der Waals surface area contributed by atoms with E-state index in [0.717, 1.165) is 23.8 Å². The summed E-state index contributed by atoms with van der Waals surface area (Å²) in [6.45, 7) is 0. The van der Waals surface area contributed by atoms with Crippen LogP contribution in [0.2, 0.25) is 0 Å². The van der Waals surface area contributed by atoms with E-state index in [1.807, 2.05) is 0 Å². The molecule has 1 aromatic carbocycles. The number of aldehydes is 1. The summed E-state index contributed by atoms with van der Waals surface area (Å²) in [7, 11) is 0. The lowest BCUT2D eigenvalue weighted by Gasteiger charge is -2.22. The number of phenols is 1. The molecule has 0 atom stereocenters. The molecule has 1 N–H and O–H groups in total. The minimum Gasteiger partial charge on any atom is -0.508 e. The van der Waals surface area contributed by atoms with E-state index in [0.29, 0.717) is 5.92 Å². The number of aromatic hydroxyl groups is 1. The van der Waals surface area contributed by atoms with Gasteiger partial charge in [-0.3, -0.25) is 4.79 Å². The SMILES string of the molecule is O=Cc1ccc(O)cc1CC1CCCCC1. The maximum absolute atomic E-state index is 10.9. The lowest BCUT2D eigenvalue weighted by Crippen LogP contribution is -2.10. The molecule has 2 rings (SSSR count). The first-order valence-corrected chi connectivity index (χ1v) is 6.06. The monoisotopic (exact) mass is 218 g/mol. The third-order valence-electron chi connectivity index (χ3n) is 3.49. The highest BCUT2D eigenvalue weighted by molar-refractivity contribution is 5.77. The van der Waals surface area contributed by atoms with Crippen molar-refractivity contribution in [2.24, 2.45) is 5.92 Å². The van der Waals surface area contributed by atoms with Crippen LogP contribution in [0, 0.1) is 5.92 Å². The molecule has 0 bridgehead atoms. The van der Waals surface area contributed by atoms with Crippen LogP contribution in [0.5, 0.6) is 5.75 Å². The molecule has 0 unspecified atom stereocenters. The standard InChI is InChI=1S/C14H18O2/c15-10-12-6-7-14(16)9-13(12)8-11-4-2-1-3-5-11/h6-7,9-11,16H,1-5,8H2. The summed E-state index contributed by atoms with van der Waals surface area (Å²) in [5, 5.41) is 9.45. The first-order valence-electron chi connectivity index (χ1n) is 6.06. The number of phenolic OH excluding ortho intramolecular Hbond substituents is 1. The van der Waals surface area contributed by atoms with Crippen LogP contribution in [-0.2, 0) is 6.42 Å². The molecule has 0 spiro atoms. The van der Waals surface area contributed by atoms with Crippen LogP contribution in [0.15, 0.2) is 18.2 Å². The molecule has 1 aliphatic rings. The van der Waals surface area contributed by atoms with Crippen molar-refractivity contribution in [3.63, 3.8) is 0 Å². The summed E-state index contributed by atoms with van der Waals surface area (Å²) < 4.78 is 0. The Bertz CT molecular complexity index is 365. The van der Waals surface area contributed by atoms with Crippen molar-refractivity contribution in [3.8, 4) is 5.75 Å². The van der Waals surface area contributed by atoms with Gasteiger partial charge in [0, 0.05) is 5.56 Å². The summed E-state index contributed by atoms with van der Waals surface area (Å²) in [6.07, 6.45) is 8.29. The summed E-state index contributed by atoms with van der Waals surface area (Å²) in [6, 6.07) is 5.02. The van der Waals surface area contributed by atoms with Gasteiger partial charge in [0.05, 0.1) is 0 Å². The van der Waals surface area contributed by atoms with E-state index in [-0.39, 0.29) is 5.75 Å². The maximum Gasteiger partial charge on any atom is 0.150 e. The molecule has 1 fully saturated rings. The van der Waals surface area contributed by atoms with Crippen molar-refractivity contribution < 1.29 is 9.90 Å². The van der Waals surface area contributed by atoms with Gasteiger partial charge < -0.3 is 5.11 Å². The lowest BCUT2D eigenvalue weighted by molar-refractivity contribution is 0.112. The van der Waals surface area contributed by atoms with E-state index in [1.165, 1.54) is 32.1 Å². The summed E-state index contributed by atoms with van der Waals surface area (Å²) in [5.74, 6) is 0.950. The maximum atomic E-state index is 10.9. The molecule has 2 nitrogen and oxygen atoms in total. The quantitative estimate of drug-likeness (QED) is 0.790. The van der Waals surface area contributed by atoms with Gasteiger partial charge in [0.2, 0.25) is 0 Å². The average molecular weight is 218 g/mol. The molecule has 0 heterocycles. The third kappa shape index (κ3) is 2.63. The van der Waals surface area contributed by atoms with E-state index in [9.17, 15) is 9.90 Å². The van der Waals surface area contributed by atoms with Crippen molar-refractivity contribution in [1.82, 2.24) is 0 Å². The Morgan fingerprint density at radius 1 is 1.25 bits per heavy atom. The predicted octanol–water partition coefficient (Wildman–Crippen LogP) is 3.33. The molecule has 0 radical (unpaired) electrons. The Balaban J connectivity index is 2.12. The minimum atomic E-state index is 0.261. The minimum absolute atomic E-state index is 0.261. The fourth-order valence-corrected chi connectivity index (χ4v) is 2.59. The van der Waals surface area contributed by atoms with Gasteiger partial charge in [-0.25, -0.2) is 0 Å². The van der Waals surface area contributed by atoms with Crippen LogP contribution in [0.1, 0.15) is 48.0 Å². The van der Waals surface area contributed by atoms with Crippen LogP contribution < -0.4 is 0 Å². The highest BCUT2D eigenvalue weighted by atomic mass is 16.3. The second-order valence-corrected chi connectivity index (χ2v) is 4.71. The average Bonchev–Trinajstić information content (AvgIpc) is 2.31. The molecule has 0 aliphatic heterocycles. The lowest BCUT2D eigenvalue weighted by atomic mass is 9.84. The van der Waals surface area contributed by atoms with Crippen LogP contribution in [0.3, 0.4) is 0 Å². The van der Waals surface area contributed by atoms with E-state index in [4.69, 9.17) is 0 Å². The zero-order chi connectivity index (χ0) is 11.4. The molecule has 1 saturated carbocycles. The summed E-state index contributed by atoms with van der Waals surface area (Å²) in [4.78, 5) is 10.9. The normalized spacial score (nSPS) is 17.2. The van der Waals surface area contributed by atoms with E-state index < -0.39 is 0 Å². The van der Waals surface area contributed by atoms with Gasteiger partial charge in [-0.05, 0) is 36.1 Å². The second-order valence-electron chi connectivity index (χ2n) is 4.71. The van der Waals surface area contributed by atoms with Crippen molar-refractivity contribution in [2.45, 2.75) is 38.5 Å². The van der Waals surface area contributed by atoms with Gasteiger partial charge in [0.1, 0.15) is 12.0 Å². The molecule has 1 aliphatic carbocycles. The number of carbonyl (C=O) groups excluding carboxylic acids is 1. The third-order valence-corrected chi connectivity index (χ3v) is 3.49. The van der Waals surface area contributed by atoms with Gasteiger partial charge in [0.25, 0.3) is 0 Å². The van der Waals surface area contributed by atoms with Gasteiger partial charge >= 0.3 is 0 Å². The predicted molar refractivity (Wildman–Crippen MR) is 63.8 cm³/mol. The highest BCUT2D eigenvalue weighted by Crippen LogP contribution is 2.28. The van der Waals surface area contributed by atoms with Crippen molar-refractivity contribution in [3.05, 3.63) is 29.3 Å². The molecular weight excluding hydrogens is 200 g/mol. The Morgan fingerprint density at radius 3 is 2.69 bits per heavy atom. The molecular formula is C14H18O2. The summed E-state index contributed by atoms with van der Waals surface area (Å²) in [5.41, 5.74) is 1.73. The fourth-order valence-electron chi connectivity index (χ4n) is 2.59. The highest BCUT2D eigenvalue weighted by Gasteiger charge is 2.15. The molecule has 2 heteroatoms. The molecule has 16 heavy (non-hydrogen) atoms. The van der Waals surface area contributed by atoms with E-state index in [2.05, 4.69) is 0 Å². The first-order chi connectivity index (χ1) is 7.79. The topological polar surface area (TPSA) is 37.3 Å². The van der Waals surface area contributed by atoms with E-state index in [1.54, 1.807) is 18.2 Å². The van der Waals surface area contributed by atoms with Gasteiger partial charge in [-0.1, -0.05) is 32.1 Å². The second kappa shape index (κ2) is 5.15. The van der Waals surface area contributed by atoms with Crippen LogP contribution in [0.25, 0.3) is 0 Å². The van der Waals surface area contributed by atoms with Gasteiger partial charge in [0.15, 0.2) is 0 Å². The number of benzene rings is 1. The smallest absolute Gasteiger partial charge is 0.150 e. The Morgan fingerprint density at radius 2 is 2.00 bits per heavy atom. The van der Waals surface area contributed by atoms with Gasteiger partial charge in [-0.2, -0.15) is 0 Å². The Hall–Kier alpha value is -1.31. The van der Waals surface area contributed by atoms with Crippen LogP contribution in [-0.4, -0.2) is 11.4 Å². The zero-order valence-electron chi connectivity index (χ0n) is 9.48. The van der Waals surface area contributed by atoms with Crippen molar-refractivity contribution in [1.29, 1.82) is 0 Å². The van der Waals surface area contributed by atoms with E-state index >= 15 is 0 Å². The first kappa shape index (κ1) is 11.2. The molecule has 0 amide bonds. The number of hydrogen-bond donors (Lipinski definition) is 1. The Labute approximate surface area is 96.3 Å². The molecule has 86 valence electrons. The van der Waals surface area contributed by atoms with Crippen LogP contribution in [0.4, 0.5) is 0 Å². The van der Waals surface area contributed by atoms with Crippen LogP contribution >= 0.6 is 0 Å². The molecule has 1 aromatic rings. The number of carbonyl (C=O) groups is 1. The van der Waals surface area contributed by atoms with Gasteiger partial charge in [-0.15, -0.1) is 0 Å². The number of hydrogen-bond acceptors (Lipinski definition) is 2. The molecule has 0 saturated heterocycles. The molecule has 0 aromatic heterocycles. The number of rotatable bonds is 3. The zero-order valence-corrected chi connectivity index (χ0v) is 9.48. The fraction of sp³-hybridized carbons (Fsp3) is 0.500. The van der Waals surface area contributed by atoms with Crippen molar-refractivity contribution in [2.75, 3.05) is 0 Å². The largest absolute Gasteiger partial charge is 0.508 e.